The average molecular weight is 399 g/mol. The van der Waals surface area contributed by atoms with E-state index < -0.39 is 27.8 Å². The number of ether oxygens (including phenoxy) is 1. The quantitative estimate of drug-likeness (QED) is 0.798. The smallest absolute Gasteiger partial charge is 0.339 e. The molecule has 1 fully saturated rings. The van der Waals surface area contributed by atoms with Gasteiger partial charge in [0, 0.05) is 12.1 Å². The molecule has 0 saturated heterocycles. The Hall–Kier alpha value is -2.67. The molecular formula is C21H21NO5S. The number of fused-ring (bicyclic) bond motifs is 1. The van der Waals surface area contributed by atoms with E-state index in [0.29, 0.717) is 24.1 Å². The molecule has 0 bridgehead atoms. The predicted octanol–water partition coefficient (Wildman–Crippen LogP) is 3.12. The van der Waals surface area contributed by atoms with Crippen molar-refractivity contribution in [2.24, 2.45) is 0 Å². The minimum atomic E-state index is -3.41. The van der Waals surface area contributed by atoms with E-state index in [1.807, 2.05) is 6.07 Å². The lowest BCUT2D eigenvalue weighted by molar-refractivity contribution is -0.125. The lowest BCUT2D eigenvalue weighted by Gasteiger charge is -2.23. The van der Waals surface area contributed by atoms with Crippen LogP contribution in [0.25, 0.3) is 0 Å². The Morgan fingerprint density at radius 2 is 1.79 bits per heavy atom. The largest absolute Gasteiger partial charge is 0.448 e. The van der Waals surface area contributed by atoms with Crippen molar-refractivity contribution in [1.82, 2.24) is 0 Å². The van der Waals surface area contributed by atoms with Crippen LogP contribution in [0, 0.1) is 0 Å². The zero-order valence-corrected chi connectivity index (χ0v) is 16.1. The second kappa shape index (κ2) is 7.39. The second-order valence-electron chi connectivity index (χ2n) is 7.22. The van der Waals surface area contributed by atoms with Gasteiger partial charge in [0.25, 0.3) is 5.91 Å². The molecule has 28 heavy (non-hydrogen) atoms. The van der Waals surface area contributed by atoms with Crippen LogP contribution >= 0.6 is 0 Å². The molecule has 146 valence electrons. The van der Waals surface area contributed by atoms with Crippen LogP contribution in [0.15, 0.2) is 53.4 Å². The Kier molecular flexibility index (Phi) is 4.93. The summed E-state index contributed by atoms with van der Waals surface area (Å²) in [6, 6.07) is 13.3. The number of hydrogen-bond acceptors (Lipinski definition) is 5. The molecule has 1 amide bonds. The fourth-order valence-corrected chi connectivity index (χ4v) is 5.74. The molecule has 2 aromatic carbocycles. The summed E-state index contributed by atoms with van der Waals surface area (Å²) in [6.07, 6.45) is 2.54. The van der Waals surface area contributed by atoms with E-state index >= 15 is 0 Å². The highest BCUT2D eigenvalue weighted by atomic mass is 32.2. The molecule has 1 heterocycles. The number of cyclic esters (lactones) is 1. The molecular weight excluding hydrogens is 378 g/mol. The van der Waals surface area contributed by atoms with Gasteiger partial charge >= 0.3 is 5.97 Å². The summed E-state index contributed by atoms with van der Waals surface area (Å²) in [4.78, 5) is 24.9. The number of carbonyl (C=O) groups is 2. The first-order chi connectivity index (χ1) is 13.4. The van der Waals surface area contributed by atoms with Crippen LogP contribution in [0.3, 0.4) is 0 Å². The molecule has 7 heteroatoms. The van der Waals surface area contributed by atoms with E-state index in [9.17, 15) is 18.0 Å². The lowest BCUT2D eigenvalue weighted by Crippen LogP contribution is -2.38. The van der Waals surface area contributed by atoms with Crippen molar-refractivity contribution in [2.45, 2.75) is 48.4 Å². The number of benzene rings is 2. The SMILES string of the molecule is O=C1O[C@@H](C(=O)Nc2cccc(S(=O)(=O)C3CCCC3)c2)Cc2ccccc21. The zero-order chi connectivity index (χ0) is 19.7. The number of nitrogens with one attached hydrogen (secondary N) is 1. The van der Waals surface area contributed by atoms with E-state index in [0.717, 1.165) is 18.4 Å². The number of rotatable bonds is 4. The zero-order valence-electron chi connectivity index (χ0n) is 15.3. The molecule has 1 N–H and O–H groups in total. The lowest BCUT2D eigenvalue weighted by atomic mass is 9.98. The van der Waals surface area contributed by atoms with Crippen molar-refractivity contribution >= 4 is 27.4 Å². The van der Waals surface area contributed by atoms with Crippen molar-refractivity contribution in [3.8, 4) is 0 Å². The monoisotopic (exact) mass is 399 g/mol. The third-order valence-electron chi connectivity index (χ3n) is 5.36. The Balaban J connectivity index is 1.51. The predicted molar refractivity (Wildman–Crippen MR) is 104 cm³/mol. The van der Waals surface area contributed by atoms with Crippen LogP contribution in [-0.4, -0.2) is 31.6 Å². The van der Waals surface area contributed by atoms with Crippen LogP contribution < -0.4 is 5.32 Å². The molecule has 0 radical (unpaired) electrons. The number of amides is 1. The van der Waals surface area contributed by atoms with Gasteiger partial charge in [0.1, 0.15) is 0 Å². The van der Waals surface area contributed by atoms with E-state index in [1.165, 1.54) is 6.07 Å². The van der Waals surface area contributed by atoms with Crippen LogP contribution in [0.5, 0.6) is 0 Å². The molecule has 1 saturated carbocycles. The first kappa shape index (κ1) is 18.7. The van der Waals surface area contributed by atoms with Crippen molar-refractivity contribution in [3.05, 3.63) is 59.7 Å². The summed E-state index contributed by atoms with van der Waals surface area (Å²) in [5.41, 5.74) is 1.60. The Labute approximate surface area is 163 Å². The molecule has 2 aromatic rings. The molecule has 1 aliphatic heterocycles. The number of esters is 1. The Bertz CT molecular complexity index is 1020. The van der Waals surface area contributed by atoms with Crippen molar-refractivity contribution in [3.63, 3.8) is 0 Å². The molecule has 0 unspecified atom stereocenters. The summed E-state index contributed by atoms with van der Waals surface area (Å²) >= 11 is 0. The minimum absolute atomic E-state index is 0.211. The Morgan fingerprint density at radius 1 is 1.04 bits per heavy atom. The highest BCUT2D eigenvalue weighted by Crippen LogP contribution is 2.30. The highest BCUT2D eigenvalue weighted by Gasteiger charge is 2.32. The van der Waals surface area contributed by atoms with Crippen molar-refractivity contribution in [2.75, 3.05) is 5.32 Å². The second-order valence-corrected chi connectivity index (χ2v) is 9.45. The summed E-state index contributed by atoms with van der Waals surface area (Å²) in [6.45, 7) is 0. The topological polar surface area (TPSA) is 89.5 Å². The molecule has 0 aromatic heterocycles. The molecule has 6 nitrogen and oxygen atoms in total. The highest BCUT2D eigenvalue weighted by molar-refractivity contribution is 7.92. The van der Waals surface area contributed by atoms with E-state index in [2.05, 4.69) is 5.32 Å². The maximum absolute atomic E-state index is 12.8. The minimum Gasteiger partial charge on any atom is -0.448 e. The fraction of sp³-hybridized carbons (Fsp3) is 0.333. The number of carbonyl (C=O) groups excluding carboxylic acids is 2. The molecule has 4 rings (SSSR count). The van der Waals surface area contributed by atoms with Gasteiger partial charge < -0.3 is 10.1 Å². The van der Waals surface area contributed by atoms with Crippen LogP contribution in [0.1, 0.15) is 41.6 Å². The van der Waals surface area contributed by atoms with Gasteiger partial charge in [0.2, 0.25) is 0 Å². The standard InChI is InChI=1S/C21H21NO5S/c23-20(19-12-14-6-1-4-11-18(14)21(24)27-19)22-15-7-5-10-17(13-15)28(25,26)16-8-2-3-9-16/h1,4-7,10-11,13,16,19H,2-3,8-9,12H2,(H,22,23)/t19-/m1/s1. The van der Waals surface area contributed by atoms with Gasteiger partial charge in [0.05, 0.1) is 15.7 Å². The van der Waals surface area contributed by atoms with E-state index in [-0.39, 0.29) is 16.6 Å². The average Bonchev–Trinajstić information content (AvgIpc) is 3.24. The normalized spacial score (nSPS) is 19.7. The van der Waals surface area contributed by atoms with Gasteiger partial charge in [-0.25, -0.2) is 13.2 Å². The van der Waals surface area contributed by atoms with Gasteiger partial charge in [-0.3, -0.25) is 4.79 Å². The summed E-state index contributed by atoms with van der Waals surface area (Å²) in [5.74, 6) is -1.00. The van der Waals surface area contributed by atoms with Crippen LogP contribution in [0.2, 0.25) is 0 Å². The third-order valence-corrected chi connectivity index (χ3v) is 7.62. The maximum atomic E-state index is 12.8. The molecule has 1 aliphatic carbocycles. The summed E-state index contributed by atoms with van der Waals surface area (Å²) in [7, 11) is -3.41. The molecule has 2 aliphatic rings. The number of hydrogen-bond donors (Lipinski definition) is 1. The van der Waals surface area contributed by atoms with Crippen LogP contribution in [-0.2, 0) is 25.8 Å². The molecule has 0 spiro atoms. The fourth-order valence-electron chi connectivity index (χ4n) is 3.84. The first-order valence-electron chi connectivity index (χ1n) is 9.39. The van der Waals surface area contributed by atoms with Gasteiger partial charge in [-0.15, -0.1) is 0 Å². The van der Waals surface area contributed by atoms with Crippen LogP contribution in [0.4, 0.5) is 5.69 Å². The van der Waals surface area contributed by atoms with Gasteiger partial charge in [-0.1, -0.05) is 37.1 Å². The number of sulfone groups is 1. The van der Waals surface area contributed by atoms with Gasteiger partial charge in [-0.05, 0) is 42.7 Å². The van der Waals surface area contributed by atoms with Gasteiger partial charge in [-0.2, -0.15) is 0 Å². The maximum Gasteiger partial charge on any atom is 0.339 e. The van der Waals surface area contributed by atoms with E-state index in [4.69, 9.17) is 4.74 Å². The van der Waals surface area contributed by atoms with Crippen molar-refractivity contribution in [1.29, 1.82) is 0 Å². The molecule has 1 atom stereocenters. The van der Waals surface area contributed by atoms with E-state index in [1.54, 1.807) is 36.4 Å². The van der Waals surface area contributed by atoms with Gasteiger partial charge in [0.15, 0.2) is 15.9 Å². The first-order valence-corrected chi connectivity index (χ1v) is 10.9. The third kappa shape index (κ3) is 3.54. The number of anilines is 1. The summed E-state index contributed by atoms with van der Waals surface area (Å²) < 4.78 is 30.8. The summed E-state index contributed by atoms with van der Waals surface area (Å²) in [5, 5.41) is 2.33. The van der Waals surface area contributed by atoms with Crippen molar-refractivity contribution < 1.29 is 22.7 Å². The Morgan fingerprint density at radius 3 is 2.57 bits per heavy atom.